The molecular weight excluding hydrogens is 326 g/mol. The Hall–Kier alpha value is -2.47. The van der Waals surface area contributed by atoms with Crippen LogP contribution in [-0.4, -0.2) is 38.7 Å². The molecule has 1 aliphatic heterocycles. The fourth-order valence-electron chi connectivity index (χ4n) is 3.86. The molecule has 6 nitrogen and oxygen atoms in total. The van der Waals surface area contributed by atoms with Crippen molar-refractivity contribution in [3.8, 4) is 0 Å². The van der Waals surface area contributed by atoms with Crippen LogP contribution < -0.4 is 4.90 Å². The van der Waals surface area contributed by atoms with Gasteiger partial charge in [0, 0.05) is 6.04 Å². The molecule has 2 aliphatic rings. The van der Waals surface area contributed by atoms with Crippen LogP contribution >= 0.6 is 0 Å². The Bertz CT molecular complexity index is 948. The van der Waals surface area contributed by atoms with Crippen molar-refractivity contribution in [2.45, 2.75) is 44.9 Å². The molecule has 2 aromatic heterocycles. The van der Waals surface area contributed by atoms with Crippen LogP contribution in [-0.2, 0) is 4.74 Å². The summed E-state index contributed by atoms with van der Waals surface area (Å²) in [6.45, 7) is 5.77. The molecule has 2 fully saturated rings. The average molecular weight is 349 g/mol. The quantitative estimate of drug-likeness (QED) is 0.725. The molecule has 26 heavy (non-hydrogen) atoms. The zero-order valence-corrected chi connectivity index (χ0v) is 15.2. The summed E-state index contributed by atoms with van der Waals surface area (Å²) in [7, 11) is 0. The molecule has 3 heterocycles. The average Bonchev–Trinajstić information content (AvgIpc) is 3.41. The number of ether oxygens (including phenoxy) is 1. The molecule has 5 rings (SSSR count). The van der Waals surface area contributed by atoms with Gasteiger partial charge in [-0.25, -0.2) is 15.0 Å². The lowest BCUT2D eigenvalue weighted by Crippen LogP contribution is -2.45. The summed E-state index contributed by atoms with van der Waals surface area (Å²) in [5, 5.41) is 0. The van der Waals surface area contributed by atoms with Gasteiger partial charge in [0.2, 0.25) is 0 Å². The Labute approximate surface area is 152 Å². The van der Waals surface area contributed by atoms with E-state index in [-0.39, 0.29) is 12.1 Å². The molecule has 3 aromatic rings. The number of nitrogens with zero attached hydrogens (tertiary/aromatic N) is 5. The summed E-state index contributed by atoms with van der Waals surface area (Å²) in [5.74, 6) is 0.920. The van der Waals surface area contributed by atoms with Gasteiger partial charge in [0.25, 0.3) is 0 Å². The van der Waals surface area contributed by atoms with Crippen LogP contribution in [0.15, 0.2) is 36.9 Å². The molecule has 6 heteroatoms. The molecule has 0 N–H and O–H groups in total. The second-order valence-electron chi connectivity index (χ2n) is 7.43. The highest BCUT2D eigenvalue weighted by molar-refractivity contribution is 5.83. The second-order valence-corrected chi connectivity index (χ2v) is 7.43. The van der Waals surface area contributed by atoms with Crippen molar-refractivity contribution in [1.82, 2.24) is 19.5 Å². The first-order valence-corrected chi connectivity index (χ1v) is 9.33. The van der Waals surface area contributed by atoms with E-state index in [9.17, 15) is 0 Å². The van der Waals surface area contributed by atoms with Crippen molar-refractivity contribution in [3.63, 3.8) is 0 Å². The Balaban J connectivity index is 1.52. The Morgan fingerprint density at radius 2 is 1.96 bits per heavy atom. The van der Waals surface area contributed by atoms with Gasteiger partial charge in [-0.1, -0.05) is 24.3 Å². The Morgan fingerprint density at radius 1 is 1.12 bits per heavy atom. The molecule has 0 bridgehead atoms. The van der Waals surface area contributed by atoms with E-state index >= 15 is 0 Å². The molecule has 2 atom stereocenters. The zero-order chi connectivity index (χ0) is 17.7. The molecule has 1 saturated heterocycles. The fraction of sp³-hybridized carbons (Fsp3) is 0.450. The molecule has 2 unspecified atom stereocenters. The summed E-state index contributed by atoms with van der Waals surface area (Å²) in [6.07, 6.45) is 6.07. The van der Waals surface area contributed by atoms with E-state index in [1.807, 2.05) is 6.33 Å². The number of aromatic nitrogens is 4. The van der Waals surface area contributed by atoms with E-state index in [0.717, 1.165) is 23.5 Å². The lowest BCUT2D eigenvalue weighted by atomic mass is 10.0. The molecule has 1 saturated carbocycles. The van der Waals surface area contributed by atoms with Gasteiger partial charge >= 0.3 is 0 Å². The third-order valence-electron chi connectivity index (χ3n) is 5.52. The van der Waals surface area contributed by atoms with E-state index in [0.29, 0.717) is 12.6 Å². The number of benzene rings is 1. The Kier molecular flexibility index (Phi) is 3.67. The first-order chi connectivity index (χ1) is 12.7. The maximum atomic E-state index is 6.16. The first kappa shape index (κ1) is 15.8. The van der Waals surface area contributed by atoms with Crippen LogP contribution in [0.4, 0.5) is 5.82 Å². The highest BCUT2D eigenvalue weighted by Gasteiger charge is 2.32. The number of anilines is 1. The van der Waals surface area contributed by atoms with Crippen molar-refractivity contribution in [1.29, 1.82) is 0 Å². The predicted molar refractivity (Wildman–Crippen MR) is 100 cm³/mol. The number of fused-ring (bicyclic) bond motifs is 1. The van der Waals surface area contributed by atoms with Gasteiger partial charge in [0.1, 0.15) is 12.4 Å². The summed E-state index contributed by atoms with van der Waals surface area (Å²) in [4.78, 5) is 16.1. The lowest BCUT2D eigenvalue weighted by Gasteiger charge is -2.39. The van der Waals surface area contributed by atoms with Gasteiger partial charge in [-0.2, -0.15) is 0 Å². The largest absolute Gasteiger partial charge is 0.370 e. The third-order valence-corrected chi connectivity index (χ3v) is 5.52. The molecule has 1 aromatic carbocycles. The van der Waals surface area contributed by atoms with Crippen molar-refractivity contribution in [2.24, 2.45) is 0 Å². The van der Waals surface area contributed by atoms with Crippen LogP contribution in [0.1, 0.15) is 43.0 Å². The van der Waals surface area contributed by atoms with E-state index in [4.69, 9.17) is 4.74 Å². The van der Waals surface area contributed by atoms with E-state index < -0.39 is 0 Å². The number of rotatable bonds is 3. The first-order valence-electron chi connectivity index (χ1n) is 9.33. The van der Waals surface area contributed by atoms with E-state index in [1.165, 1.54) is 24.0 Å². The topological polar surface area (TPSA) is 56.1 Å². The summed E-state index contributed by atoms with van der Waals surface area (Å²) in [5.41, 5.74) is 4.36. The van der Waals surface area contributed by atoms with Crippen LogP contribution in [0, 0.1) is 6.92 Å². The number of hydrogen-bond donors (Lipinski definition) is 0. The zero-order valence-electron chi connectivity index (χ0n) is 15.2. The van der Waals surface area contributed by atoms with Gasteiger partial charge in [0.15, 0.2) is 17.0 Å². The normalized spacial score (nSPS) is 23.5. The van der Waals surface area contributed by atoms with Crippen LogP contribution in [0.2, 0.25) is 0 Å². The molecule has 0 radical (unpaired) electrons. The minimum absolute atomic E-state index is 0.0444. The third kappa shape index (κ3) is 2.56. The number of imidazole rings is 1. The van der Waals surface area contributed by atoms with Gasteiger partial charge in [-0.3, -0.25) is 0 Å². The van der Waals surface area contributed by atoms with Gasteiger partial charge in [-0.05, 0) is 37.8 Å². The van der Waals surface area contributed by atoms with Crippen LogP contribution in [0.25, 0.3) is 11.2 Å². The summed E-state index contributed by atoms with van der Waals surface area (Å²) in [6, 6.07) is 9.26. The van der Waals surface area contributed by atoms with Gasteiger partial charge in [0.05, 0.1) is 25.5 Å². The molecule has 0 amide bonds. The standard InChI is InChI=1S/C20H23N5O/c1-13-5-3-4-6-16(13)17-9-24(14(2)10-26-17)19-18-20(22-11-21-19)25(12-23-18)15-7-8-15/h3-6,11-12,14-15,17H,7-10H2,1-2H3. The monoisotopic (exact) mass is 349 g/mol. The highest BCUT2D eigenvalue weighted by Crippen LogP contribution is 2.38. The van der Waals surface area contributed by atoms with E-state index in [1.54, 1.807) is 6.33 Å². The van der Waals surface area contributed by atoms with Crippen molar-refractivity contribution in [2.75, 3.05) is 18.1 Å². The Morgan fingerprint density at radius 3 is 2.77 bits per heavy atom. The summed E-state index contributed by atoms with van der Waals surface area (Å²) >= 11 is 0. The SMILES string of the molecule is Cc1ccccc1C1CN(c2ncnc3c2ncn3C2CC2)C(C)CO1. The lowest BCUT2D eigenvalue weighted by molar-refractivity contribution is 0.0210. The second kappa shape index (κ2) is 6.06. The van der Waals surface area contributed by atoms with Crippen molar-refractivity contribution >= 4 is 17.0 Å². The maximum Gasteiger partial charge on any atom is 0.165 e. The minimum atomic E-state index is 0.0444. The number of aryl methyl sites for hydroxylation is 1. The van der Waals surface area contributed by atoms with Crippen LogP contribution in [0.5, 0.6) is 0 Å². The molecule has 1 aliphatic carbocycles. The maximum absolute atomic E-state index is 6.16. The predicted octanol–water partition coefficient (Wildman–Crippen LogP) is 3.44. The highest BCUT2D eigenvalue weighted by atomic mass is 16.5. The van der Waals surface area contributed by atoms with Gasteiger partial charge in [-0.15, -0.1) is 0 Å². The smallest absolute Gasteiger partial charge is 0.165 e. The molecular formula is C20H23N5O. The minimum Gasteiger partial charge on any atom is -0.370 e. The van der Waals surface area contributed by atoms with Crippen molar-refractivity contribution < 1.29 is 4.74 Å². The van der Waals surface area contributed by atoms with Crippen molar-refractivity contribution in [3.05, 3.63) is 48.0 Å². The van der Waals surface area contributed by atoms with Gasteiger partial charge < -0.3 is 14.2 Å². The van der Waals surface area contributed by atoms with E-state index in [2.05, 4.69) is 62.5 Å². The summed E-state index contributed by atoms with van der Waals surface area (Å²) < 4.78 is 8.36. The molecule has 0 spiro atoms. The number of morpholine rings is 1. The molecule has 134 valence electrons. The number of hydrogen-bond acceptors (Lipinski definition) is 5. The van der Waals surface area contributed by atoms with Crippen LogP contribution in [0.3, 0.4) is 0 Å². The fourth-order valence-corrected chi connectivity index (χ4v) is 3.86.